The second-order valence-electron chi connectivity index (χ2n) is 6.98. The fourth-order valence-electron chi connectivity index (χ4n) is 3.40. The monoisotopic (exact) mass is 479 g/mol. The van der Waals surface area contributed by atoms with E-state index < -0.39 is 21.6 Å². The Bertz CT molecular complexity index is 1270. The van der Waals surface area contributed by atoms with Crippen molar-refractivity contribution >= 4 is 50.1 Å². The Labute approximate surface area is 188 Å². The summed E-state index contributed by atoms with van der Waals surface area (Å²) >= 11 is 2.73. The van der Waals surface area contributed by atoms with Crippen LogP contribution in [0.3, 0.4) is 0 Å². The highest BCUT2D eigenvalue weighted by molar-refractivity contribution is 7.99. The van der Waals surface area contributed by atoms with E-state index in [2.05, 4.69) is 0 Å². The molecule has 0 radical (unpaired) electrons. The summed E-state index contributed by atoms with van der Waals surface area (Å²) in [5, 5.41) is 2.25. The zero-order chi connectivity index (χ0) is 22.0. The van der Waals surface area contributed by atoms with Crippen LogP contribution >= 0.6 is 23.1 Å². The maximum atomic E-state index is 13.0. The van der Waals surface area contributed by atoms with E-state index >= 15 is 0 Å². The number of ether oxygens (including phenoxy) is 1. The lowest BCUT2D eigenvalue weighted by atomic mass is 10.1. The Balaban J connectivity index is 1.57. The molecule has 0 N–H and O–H groups in total. The van der Waals surface area contributed by atoms with Crippen molar-refractivity contribution in [3.8, 4) is 0 Å². The van der Waals surface area contributed by atoms with E-state index in [1.807, 2.05) is 19.1 Å². The largest absolute Gasteiger partial charge is 0.457 e. The number of nitrogens with zero attached hydrogens (tertiary/aromatic N) is 1. The number of esters is 1. The highest BCUT2D eigenvalue weighted by atomic mass is 32.2. The van der Waals surface area contributed by atoms with Gasteiger partial charge in [-0.25, -0.2) is 18.0 Å². The molecule has 31 heavy (non-hydrogen) atoms. The van der Waals surface area contributed by atoms with E-state index in [1.165, 1.54) is 16.4 Å². The quantitative estimate of drug-likeness (QED) is 0.394. The normalized spacial score (nSPS) is 15.3. The Morgan fingerprint density at radius 3 is 2.71 bits per heavy atom. The number of carbonyl (C=O) groups is 1. The molecule has 2 aromatic heterocycles. The lowest BCUT2D eigenvalue weighted by Crippen LogP contribution is -2.38. The number of aryl methyl sites for hydroxylation is 1. The van der Waals surface area contributed by atoms with Gasteiger partial charge in [-0.05, 0) is 29.5 Å². The fourth-order valence-corrected chi connectivity index (χ4v) is 7.26. The standard InChI is InChI=1S/C21H21NO6S3/c1-2-14-3-4-16-15(12-19(23)28-17(16)11-14)13-27-21(24)20-18(5-8-30-20)31(25,26)22-6-9-29-10-7-22/h3-5,8,11-12H,2,6-7,9-10,13H2,1H3. The number of hydrogen-bond acceptors (Lipinski definition) is 8. The van der Waals surface area contributed by atoms with Crippen LogP contribution in [0.5, 0.6) is 0 Å². The number of carbonyl (C=O) groups excluding carboxylic acids is 1. The average molecular weight is 480 g/mol. The number of thiophene rings is 1. The van der Waals surface area contributed by atoms with Gasteiger partial charge >= 0.3 is 11.6 Å². The van der Waals surface area contributed by atoms with E-state index in [0.717, 1.165) is 34.8 Å². The molecular weight excluding hydrogens is 458 g/mol. The predicted octanol–water partition coefficient (Wildman–Crippen LogP) is 3.51. The summed E-state index contributed by atoms with van der Waals surface area (Å²) in [4.78, 5) is 24.7. The van der Waals surface area contributed by atoms with Crippen molar-refractivity contribution in [2.75, 3.05) is 24.6 Å². The first-order valence-electron chi connectivity index (χ1n) is 9.78. The molecule has 0 bridgehead atoms. The van der Waals surface area contributed by atoms with Crippen molar-refractivity contribution in [1.29, 1.82) is 0 Å². The van der Waals surface area contributed by atoms with Crippen LogP contribution in [0.2, 0.25) is 0 Å². The maximum Gasteiger partial charge on any atom is 0.350 e. The first-order chi connectivity index (χ1) is 14.9. The summed E-state index contributed by atoms with van der Waals surface area (Å²) in [6.45, 7) is 2.68. The van der Waals surface area contributed by atoms with Gasteiger partial charge in [0.2, 0.25) is 10.0 Å². The van der Waals surface area contributed by atoms with Gasteiger partial charge in [0, 0.05) is 41.6 Å². The number of thioether (sulfide) groups is 1. The number of sulfonamides is 1. The molecule has 1 aliphatic heterocycles. The molecule has 0 atom stereocenters. The van der Waals surface area contributed by atoms with Crippen LogP contribution in [0.25, 0.3) is 11.0 Å². The minimum atomic E-state index is -3.76. The molecule has 0 aliphatic carbocycles. The molecule has 3 heterocycles. The third-order valence-electron chi connectivity index (χ3n) is 5.06. The minimum absolute atomic E-state index is 0.0283. The lowest BCUT2D eigenvalue weighted by molar-refractivity contribution is 0.0475. The summed E-state index contributed by atoms with van der Waals surface area (Å²) in [6, 6.07) is 8.28. The van der Waals surface area contributed by atoms with Crippen LogP contribution < -0.4 is 5.63 Å². The second kappa shape index (κ2) is 9.15. The fraction of sp³-hybridized carbons (Fsp3) is 0.333. The molecule has 0 spiro atoms. The van der Waals surface area contributed by atoms with E-state index in [1.54, 1.807) is 23.2 Å². The van der Waals surface area contributed by atoms with Gasteiger partial charge in [-0.2, -0.15) is 16.1 Å². The summed E-state index contributed by atoms with van der Waals surface area (Å²) in [5.41, 5.74) is 1.43. The highest BCUT2D eigenvalue weighted by Crippen LogP contribution is 2.28. The van der Waals surface area contributed by atoms with Gasteiger partial charge in [0.05, 0.1) is 0 Å². The Morgan fingerprint density at radius 2 is 1.97 bits per heavy atom. The zero-order valence-electron chi connectivity index (χ0n) is 16.8. The first kappa shape index (κ1) is 22.1. The van der Waals surface area contributed by atoms with Crippen LogP contribution in [-0.4, -0.2) is 43.3 Å². The van der Waals surface area contributed by atoms with Gasteiger partial charge in [0.25, 0.3) is 0 Å². The third-order valence-corrected chi connectivity index (χ3v) is 8.97. The van der Waals surface area contributed by atoms with Crippen LogP contribution in [-0.2, 0) is 27.8 Å². The van der Waals surface area contributed by atoms with Crippen LogP contribution in [0, 0.1) is 0 Å². The smallest absolute Gasteiger partial charge is 0.350 e. The molecular formula is C21H21NO6S3. The molecule has 1 aromatic carbocycles. The number of rotatable bonds is 6. The van der Waals surface area contributed by atoms with Gasteiger partial charge in [-0.1, -0.05) is 19.1 Å². The van der Waals surface area contributed by atoms with E-state index in [-0.39, 0.29) is 16.4 Å². The molecule has 0 unspecified atom stereocenters. The van der Waals surface area contributed by atoms with E-state index in [4.69, 9.17) is 9.15 Å². The van der Waals surface area contributed by atoms with Crippen LogP contribution in [0.1, 0.15) is 27.7 Å². The minimum Gasteiger partial charge on any atom is -0.457 e. The first-order valence-corrected chi connectivity index (χ1v) is 13.3. The highest BCUT2D eigenvalue weighted by Gasteiger charge is 2.31. The molecule has 3 aromatic rings. The lowest BCUT2D eigenvalue weighted by Gasteiger charge is -2.25. The summed E-state index contributed by atoms with van der Waals surface area (Å²) < 4.78 is 38.1. The number of fused-ring (bicyclic) bond motifs is 1. The Morgan fingerprint density at radius 1 is 1.19 bits per heavy atom. The molecule has 10 heteroatoms. The Hall–Kier alpha value is -2.14. The molecule has 164 valence electrons. The summed E-state index contributed by atoms with van der Waals surface area (Å²) in [5.74, 6) is 0.727. The van der Waals surface area contributed by atoms with Crippen LogP contribution in [0.4, 0.5) is 0 Å². The third kappa shape index (κ3) is 4.57. The zero-order valence-corrected chi connectivity index (χ0v) is 19.3. The Kier molecular flexibility index (Phi) is 6.52. The number of benzene rings is 1. The summed E-state index contributed by atoms with van der Waals surface area (Å²) in [7, 11) is -3.76. The van der Waals surface area contributed by atoms with Crippen molar-refractivity contribution in [2.24, 2.45) is 0 Å². The van der Waals surface area contributed by atoms with Gasteiger partial charge in [-0.3, -0.25) is 0 Å². The molecule has 1 fully saturated rings. The molecule has 4 rings (SSSR count). The molecule has 1 saturated heterocycles. The predicted molar refractivity (Wildman–Crippen MR) is 121 cm³/mol. The SMILES string of the molecule is CCc1ccc2c(COC(=O)c3sccc3S(=O)(=O)N3CCSCC3)cc(=O)oc2c1. The topological polar surface area (TPSA) is 93.9 Å². The average Bonchev–Trinajstić information content (AvgIpc) is 3.28. The van der Waals surface area contributed by atoms with Crippen molar-refractivity contribution in [3.63, 3.8) is 0 Å². The maximum absolute atomic E-state index is 13.0. The van der Waals surface area contributed by atoms with Gasteiger partial charge in [0.15, 0.2) is 0 Å². The molecule has 0 amide bonds. The van der Waals surface area contributed by atoms with Crippen molar-refractivity contribution < 1.29 is 22.4 Å². The second-order valence-corrected chi connectivity index (χ2v) is 11.0. The number of hydrogen-bond donors (Lipinski definition) is 0. The molecule has 7 nitrogen and oxygen atoms in total. The molecule has 0 saturated carbocycles. The van der Waals surface area contributed by atoms with Crippen molar-refractivity contribution in [1.82, 2.24) is 4.31 Å². The van der Waals surface area contributed by atoms with Gasteiger partial charge in [0.1, 0.15) is 22.0 Å². The van der Waals surface area contributed by atoms with E-state index in [0.29, 0.717) is 29.6 Å². The summed E-state index contributed by atoms with van der Waals surface area (Å²) in [6.07, 6.45) is 0.796. The van der Waals surface area contributed by atoms with Gasteiger partial charge in [-0.15, -0.1) is 11.3 Å². The molecule has 1 aliphatic rings. The van der Waals surface area contributed by atoms with Crippen molar-refractivity contribution in [3.05, 3.63) is 62.1 Å². The van der Waals surface area contributed by atoms with Gasteiger partial charge < -0.3 is 9.15 Å². The van der Waals surface area contributed by atoms with Crippen LogP contribution in [0.15, 0.2) is 49.8 Å². The van der Waals surface area contributed by atoms with Crippen molar-refractivity contribution in [2.45, 2.75) is 24.8 Å². The van der Waals surface area contributed by atoms with E-state index in [9.17, 15) is 18.0 Å².